The smallest absolute Gasteiger partial charge is 0.201 e. The van der Waals surface area contributed by atoms with E-state index in [1.165, 1.54) is 0 Å². The predicted molar refractivity (Wildman–Crippen MR) is 96.8 cm³/mol. The molecule has 2 rings (SSSR count). The second-order valence-corrected chi connectivity index (χ2v) is 7.38. The van der Waals surface area contributed by atoms with Crippen LogP contribution in [-0.2, 0) is 9.84 Å². The molecule has 0 saturated carbocycles. The third-order valence-corrected chi connectivity index (χ3v) is 4.84. The van der Waals surface area contributed by atoms with Crippen LogP contribution in [0, 0.1) is 12.3 Å². The highest BCUT2D eigenvalue weighted by atomic mass is 32.2. The number of rotatable bonds is 6. The van der Waals surface area contributed by atoms with Gasteiger partial charge >= 0.3 is 0 Å². The van der Waals surface area contributed by atoms with Crippen molar-refractivity contribution in [3.63, 3.8) is 0 Å². The van der Waals surface area contributed by atoms with Crippen molar-refractivity contribution in [3.05, 3.63) is 42.1 Å². The highest BCUT2D eigenvalue weighted by Gasteiger charge is 2.08. The average molecular weight is 345 g/mol. The molecule has 0 amide bonds. The molecule has 8 heteroatoms. The molecule has 0 radical (unpaired) electrons. The van der Waals surface area contributed by atoms with Crippen LogP contribution in [0.15, 0.2) is 41.5 Å². The molecule has 24 heavy (non-hydrogen) atoms. The number of hydrogen-bond donors (Lipinski definition) is 3. The molecule has 1 aromatic heterocycles. The van der Waals surface area contributed by atoms with Gasteiger partial charge in [0, 0.05) is 23.1 Å². The number of nitrogens with one attached hydrogen (secondary N) is 3. The maximum Gasteiger partial charge on any atom is 0.201 e. The van der Waals surface area contributed by atoms with E-state index in [9.17, 15) is 8.42 Å². The summed E-state index contributed by atoms with van der Waals surface area (Å²) in [4.78, 5) is 4.30. The van der Waals surface area contributed by atoms with Gasteiger partial charge in [-0.05, 0) is 18.2 Å². The number of aromatic amines is 1. The third kappa shape index (κ3) is 5.44. The Morgan fingerprint density at radius 2 is 2.21 bits per heavy atom. The lowest BCUT2D eigenvalue weighted by atomic mass is 10.2. The molecule has 0 unspecified atom stereocenters. The van der Waals surface area contributed by atoms with E-state index < -0.39 is 9.84 Å². The Balaban J connectivity index is 2.14. The Hall–Kier alpha value is -2.79. The van der Waals surface area contributed by atoms with Crippen LogP contribution in [0.1, 0.15) is 12.5 Å². The van der Waals surface area contributed by atoms with Gasteiger partial charge in [-0.3, -0.25) is 10.1 Å². The summed E-state index contributed by atoms with van der Waals surface area (Å²) in [6.07, 6.45) is 7.00. The Bertz CT molecular complexity index is 836. The fourth-order valence-corrected chi connectivity index (χ4v) is 2.49. The highest BCUT2D eigenvalue weighted by Crippen LogP contribution is 2.10. The third-order valence-electron chi connectivity index (χ3n) is 3.16. The number of guanidine groups is 1. The van der Waals surface area contributed by atoms with Gasteiger partial charge in [-0.1, -0.05) is 18.9 Å². The Labute approximate surface area is 141 Å². The molecule has 126 valence electrons. The number of nitrogens with zero attached hydrogens (tertiary/aromatic N) is 2. The van der Waals surface area contributed by atoms with Gasteiger partial charge in [0.1, 0.15) is 5.82 Å². The van der Waals surface area contributed by atoms with Crippen LogP contribution in [0.4, 0.5) is 11.5 Å². The molecular weight excluding hydrogens is 326 g/mol. The van der Waals surface area contributed by atoms with Crippen molar-refractivity contribution < 1.29 is 8.42 Å². The second-order valence-electron chi connectivity index (χ2n) is 4.91. The highest BCUT2D eigenvalue weighted by molar-refractivity contribution is 7.91. The van der Waals surface area contributed by atoms with Crippen LogP contribution >= 0.6 is 0 Å². The van der Waals surface area contributed by atoms with Gasteiger partial charge in [0.2, 0.25) is 5.96 Å². The van der Waals surface area contributed by atoms with Crippen LogP contribution in [0.3, 0.4) is 0 Å². The van der Waals surface area contributed by atoms with Gasteiger partial charge in [-0.2, -0.15) is 5.10 Å². The number of anilines is 2. The molecule has 0 spiro atoms. The van der Waals surface area contributed by atoms with Crippen LogP contribution in [0.25, 0.3) is 0 Å². The first-order valence-corrected chi connectivity index (χ1v) is 9.19. The number of hydrogen-bond acceptors (Lipinski definition) is 4. The number of benzene rings is 1. The lowest BCUT2D eigenvalue weighted by molar-refractivity contribution is 0.597. The first kappa shape index (κ1) is 17.6. The molecule has 0 fully saturated rings. The van der Waals surface area contributed by atoms with Gasteiger partial charge in [-0.15, -0.1) is 6.42 Å². The molecule has 3 N–H and O–H groups in total. The first-order chi connectivity index (χ1) is 11.5. The number of terminal acetylenes is 1. The molecule has 0 aliphatic rings. The minimum atomic E-state index is -3.07. The summed E-state index contributed by atoms with van der Waals surface area (Å²) < 4.78 is 23.2. The van der Waals surface area contributed by atoms with E-state index in [0.29, 0.717) is 11.8 Å². The minimum Gasteiger partial charge on any atom is -0.326 e. The molecule has 1 heterocycles. The number of aliphatic imine (C=N–C) groups is 1. The van der Waals surface area contributed by atoms with E-state index in [1.807, 2.05) is 18.2 Å². The largest absolute Gasteiger partial charge is 0.326 e. The van der Waals surface area contributed by atoms with Crippen molar-refractivity contribution in [1.82, 2.24) is 10.2 Å². The molecule has 0 bridgehead atoms. The zero-order valence-electron chi connectivity index (χ0n) is 13.3. The van der Waals surface area contributed by atoms with Crippen LogP contribution < -0.4 is 10.6 Å². The quantitative estimate of drug-likeness (QED) is 0.420. The van der Waals surface area contributed by atoms with E-state index >= 15 is 0 Å². The minimum absolute atomic E-state index is 0.0102. The van der Waals surface area contributed by atoms with E-state index in [1.54, 1.807) is 25.3 Å². The SMILES string of the molecule is C#Cc1cccc(NC(=NCCS(=O)(=O)CC)Nc2ccn[nH]2)c1. The van der Waals surface area contributed by atoms with Gasteiger partial charge in [0.25, 0.3) is 0 Å². The van der Waals surface area contributed by atoms with Crippen molar-refractivity contribution in [2.75, 3.05) is 28.7 Å². The van der Waals surface area contributed by atoms with E-state index in [-0.39, 0.29) is 18.1 Å². The molecule has 0 saturated heterocycles. The number of H-pyrrole nitrogens is 1. The maximum absolute atomic E-state index is 11.6. The lowest BCUT2D eigenvalue weighted by Crippen LogP contribution is -2.24. The van der Waals surface area contributed by atoms with E-state index in [0.717, 1.165) is 11.3 Å². The van der Waals surface area contributed by atoms with E-state index in [2.05, 4.69) is 31.7 Å². The number of sulfone groups is 1. The van der Waals surface area contributed by atoms with Crippen LogP contribution in [0.5, 0.6) is 0 Å². The van der Waals surface area contributed by atoms with Crippen molar-refractivity contribution in [3.8, 4) is 12.3 Å². The van der Waals surface area contributed by atoms with Crippen LogP contribution in [-0.4, -0.2) is 42.6 Å². The van der Waals surface area contributed by atoms with E-state index in [4.69, 9.17) is 6.42 Å². The summed E-state index contributed by atoms with van der Waals surface area (Å²) >= 11 is 0. The molecule has 0 aliphatic carbocycles. The molecule has 0 aliphatic heterocycles. The molecule has 1 aromatic carbocycles. The molecule has 7 nitrogen and oxygen atoms in total. The van der Waals surface area contributed by atoms with Crippen molar-refractivity contribution in [2.45, 2.75) is 6.92 Å². The second kappa shape index (κ2) is 8.17. The lowest BCUT2D eigenvalue weighted by Gasteiger charge is -2.11. The maximum atomic E-state index is 11.6. The summed E-state index contributed by atoms with van der Waals surface area (Å²) in [6, 6.07) is 9.02. The number of aromatic nitrogens is 2. The Morgan fingerprint density at radius 1 is 1.38 bits per heavy atom. The molecular formula is C16H19N5O2S. The van der Waals surface area contributed by atoms with Crippen molar-refractivity contribution >= 4 is 27.3 Å². The zero-order valence-corrected chi connectivity index (χ0v) is 14.1. The van der Waals surface area contributed by atoms with Crippen molar-refractivity contribution in [1.29, 1.82) is 0 Å². The van der Waals surface area contributed by atoms with Gasteiger partial charge in [0.05, 0.1) is 18.5 Å². The monoisotopic (exact) mass is 345 g/mol. The molecule has 0 atom stereocenters. The van der Waals surface area contributed by atoms with Crippen molar-refractivity contribution in [2.24, 2.45) is 4.99 Å². The fraction of sp³-hybridized carbons (Fsp3) is 0.250. The summed E-state index contributed by atoms with van der Waals surface area (Å²) in [5.41, 5.74) is 1.48. The molecule has 2 aromatic rings. The van der Waals surface area contributed by atoms with Gasteiger partial charge in [0.15, 0.2) is 9.84 Å². The first-order valence-electron chi connectivity index (χ1n) is 7.37. The summed E-state index contributed by atoms with van der Waals surface area (Å²) in [7, 11) is -3.07. The Morgan fingerprint density at radius 3 is 2.88 bits per heavy atom. The summed E-state index contributed by atoms with van der Waals surface area (Å²) in [5, 5.41) is 12.7. The Kier molecular flexibility index (Phi) is 5.98. The standard InChI is InChI=1S/C16H19N5O2S/c1-3-13-6-5-7-14(12-13)19-16(20-15-8-9-18-21-15)17-10-11-24(22,23)4-2/h1,5-9,12H,4,10-11H2,2H3,(H3,17,18,19,20,21). The topological polar surface area (TPSA) is 99.2 Å². The summed E-state index contributed by atoms with van der Waals surface area (Å²) in [5.74, 6) is 3.69. The van der Waals surface area contributed by atoms with Crippen LogP contribution in [0.2, 0.25) is 0 Å². The van der Waals surface area contributed by atoms with Gasteiger partial charge < -0.3 is 10.6 Å². The normalized spacial score (nSPS) is 11.8. The average Bonchev–Trinajstić information content (AvgIpc) is 3.08. The fourth-order valence-electron chi connectivity index (χ4n) is 1.83. The zero-order chi connectivity index (χ0) is 17.4. The van der Waals surface area contributed by atoms with Gasteiger partial charge in [-0.25, -0.2) is 8.42 Å². The summed E-state index contributed by atoms with van der Waals surface area (Å²) in [6.45, 7) is 1.76. The predicted octanol–water partition coefficient (Wildman–Crippen LogP) is 1.71.